The third-order valence-corrected chi connectivity index (χ3v) is 5.84. The Kier molecular flexibility index (Phi) is 8.46. The lowest BCUT2D eigenvalue weighted by Gasteiger charge is -2.38. The van der Waals surface area contributed by atoms with Gasteiger partial charge in [0.05, 0.1) is 18.0 Å². The van der Waals surface area contributed by atoms with Crippen molar-refractivity contribution in [3.05, 3.63) is 18.6 Å². The summed E-state index contributed by atoms with van der Waals surface area (Å²) < 4.78 is 5.18. The van der Waals surface area contributed by atoms with Crippen LogP contribution in [0.4, 0.5) is 10.6 Å². The highest BCUT2D eigenvalue weighted by atomic mass is 16.6. The van der Waals surface area contributed by atoms with Crippen LogP contribution in [0.15, 0.2) is 18.6 Å². The number of likely N-dealkylation sites (tertiary alicyclic amines) is 1. The highest BCUT2D eigenvalue weighted by Crippen LogP contribution is 2.25. The number of nitrogens with one attached hydrogen (secondary N) is 2. The van der Waals surface area contributed by atoms with Crippen molar-refractivity contribution >= 4 is 23.7 Å². The highest BCUT2D eigenvalue weighted by Gasteiger charge is 2.34. The molecule has 2 atom stereocenters. The molecule has 2 aliphatic rings. The summed E-state index contributed by atoms with van der Waals surface area (Å²) in [5.74, 6) is 0.506. The summed E-state index contributed by atoms with van der Waals surface area (Å²) in [6.45, 7) is 8.61. The number of piperidine rings is 2. The van der Waals surface area contributed by atoms with Crippen LogP contribution < -0.4 is 15.5 Å². The van der Waals surface area contributed by atoms with Gasteiger partial charge in [-0.05, 0) is 46.5 Å². The van der Waals surface area contributed by atoms with E-state index in [2.05, 4.69) is 25.5 Å². The first-order valence-corrected chi connectivity index (χ1v) is 11.8. The van der Waals surface area contributed by atoms with E-state index in [4.69, 9.17) is 4.74 Å². The fourth-order valence-electron chi connectivity index (χ4n) is 4.30. The summed E-state index contributed by atoms with van der Waals surface area (Å²) in [5, 5.41) is 5.50. The number of rotatable bonds is 6. The monoisotopic (exact) mass is 460 g/mol. The van der Waals surface area contributed by atoms with E-state index in [1.54, 1.807) is 39.4 Å². The van der Waals surface area contributed by atoms with E-state index in [0.29, 0.717) is 26.2 Å². The second kappa shape index (κ2) is 11.3. The molecule has 2 saturated heterocycles. The largest absolute Gasteiger partial charge is 0.444 e. The van der Waals surface area contributed by atoms with Crippen LogP contribution in [0.1, 0.15) is 46.5 Å². The predicted octanol–water partition coefficient (Wildman–Crippen LogP) is 1.57. The molecule has 3 amide bonds. The van der Waals surface area contributed by atoms with Crippen molar-refractivity contribution in [2.24, 2.45) is 11.8 Å². The summed E-state index contributed by atoms with van der Waals surface area (Å²) in [6, 6.07) is 0. The number of alkyl carbamates (subject to hydrolysis) is 1. The molecule has 0 saturated carbocycles. The number of anilines is 1. The first kappa shape index (κ1) is 24.7. The van der Waals surface area contributed by atoms with Gasteiger partial charge in [-0.1, -0.05) is 0 Å². The molecule has 2 N–H and O–H groups in total. The lowest BCUT2D eigenvalue weighted by Crippen LogP contribution is -2.50. The summed E-state index contributed by atoms with van der Waals surface area (Å²) >= 11 is 0. The molecular formula is C23H36N6O4. The van der Waals surface area contributed by atoms with Crippen molar-refractivity contribution in [1.82, 2.24) is 25.5 Å². The van der Waals surface area contributed by atoms with Crippen molar-refractivity contribution < 1.29 is 19.1 Å². The normalized spacial score (nSPS) is 21.3. The van der Waals surface area contributed by atoms with Gasteiger partial charge < -0.3 is 25.2 Å². The molecule has 2 fully saturated rings. The van der Waals surface area contributed by atoms with Gasteiger partial charge in [0.2, 0.25) is 11.8 Å². The van der Waals surface area contributed by atoms with Crippen LogP contribution in [0.25, 0.3) is 0 Å². The average Bonchev–Trinajstić information content (AvgIpc) is 2.81. The maximum atomic E-state index is 13.2. The van der Waals surface area contributed by atoms with E-state index in [1.165, 1.54) is 0 Å². The van der Waals surface area contributed by atoms with Crippen LogP contribution in [0.3, 0.4) is 0 Å². The van der Waals surface area contributed by atoms with Crippen LogP contribution in [0.5, 0.6) is 0 Å². The van der Waals surface area contributed by atoms with Crippen LogP contribution in [0.2, 0.25) is 0 Å². The second-order valence-electron chi connectivity index (χ2n) is 9.69. The molecule has 10 heteroatoms. The number of carbonyl (C=O) groups is 3. The van der Waals surface area contributed by atoms with Crippen molar-refractivity contribution in [3.63, 3.8) is 0 Å². The fourth-order valence-corrected chi connectivity index (χ4v) is 4.30. The Balaban J connectivity index is 1.44. The number of ether oxygens (including phenoxy) is 1. The summed E-state index contributed by atoms with van der Waals surface area (Å²) in [6.07, 6.45) is 7.86. The summed E-state index contributed by atoms with van der Waals surface area (Å²) in [7, 11) is 0. The Hall–Kier alpha value is -2.91. The number of aromatic nitrogens is 2. The predicted molar refractivity (Wildman–Crippen MR) is 124 cm³/mol. The topological polar surface area (TPSA) is 117 Å². The third kappa shape index (κ3) is 7.57. The molecule has 0 radical (unpaired) electrons. The fraction of sp³-hybridized carbons (Fsp3) is 0.696. The van der Waals surface area contributed by atoms with E-state index >= 15 is 0 Å². The molecule has 3 heterocycles. The molecular weight excluding hydrogens is 424 g/mol. The molecule has 182 valence electrons. The quantitative estimate of drug-likeness (QED) is 0.619. The molecule has 1 aromatic heterocycles. The summed E-state index contributed by atoms with van der Waals surface area (Å²) in [4.78, 5) is 50.0. The molecule has 2 aliphatic heterocycles. The Morgan fingerprint density at radius 2 is 1.76 bits per heavy atom. The molecule has 10 nitrogen and oxygen atoms in total. The van der Waals surface area contributed by atoms with Crippen molar-refractivity contribution in [2.45, 2.75) is 52.1 Å². The van der Waals surface area contributed by atoms with Gasteiger partial charge in [0.1, 0.15) is 11.4 Å². The molecule has 3 rings (SSSR count). The molecule has 0 spiro atoms. The first-order chi connectivity index (χ1) is 15.7. The zero-order valence-corrected chi connectivity index (χ0v) is 19.9. The van der Waals surface area contributed by atoms with Crippen LogP contribution in [-0.4, -0.2) is 77.6 Å². The van der Waals surface area contributed by atoms with E-state index in [0.717, 1.165) is 38.0 Å². The van der Waals surface area contributed by atoms with Gasteiger partial charge >= 0.3 is 6.09 Å². The molecule has 33 heavy (non-hydrogen) atoms. The molecule has 2 unspecified atom stereocenters. The lowest BCUT2D eigenvalue weighted by molar-refractivity contribution is -0.139. The number of nitrogens with zero attached hydrogens (tertiary/aromatic N) is 4. The Morgan fingerprint density at radius 1 is 1.03 bits per heavy atom. The van der Waals surface area contributed by atoms with Gasteiger partial charge in [-0.2, -0.15) is 0 Å². The van der Waals surface area contributed by atoms with Crippen molar-refractivity contribution in [3.8, 4) is 0 Å². The van der Waals surface area contributed by atoms with Crippen molar-refractivity contribution in [1.29, 1.82) is 0 Å². The van der Waals surface area contributed by atoms with Gasteiger partial charge in [0.25, 0.3) is 0 Å². The van der Waals surface area contributed by atoms with Crippen LogP contribution in [-0.2, 0) is 14.3 Å². The van der Waals surface area contributed by atoms with Gasteiger partial charge in [0, 0.05) is 51.7 Å². The number of hydrogen-bond acceptors (Lipinski definition) is 7. The lowest BCUT2D eigenvalue weighted by atomic mass is 9.92. The maximum Gasteiger partial charge on any atom is 0.407 e. The molecule has 1 aromatic rings. The van der Waals surface area contributed by atoms with E-state index in [-0.39, 0.29) is 30.2 Å². The van der Waals surface area contributed by atoms with E-state index in [9.17, 15) is 14.4 Å². The molecule has 0 aliphatic carbocycles. The third-order valence-electron chi connectivity index (χ3n) is 5.84. The van der Waals surface area contributed by atoms with Crippen LogP contribution in [0, 0.1) is 11.8 Å². The summed E-state index contributed by atoms with van der Waals surface area (Å²) in [5.41, 5.74) is -0.560. The minimum atomic E-state index is -0.560. The maximum absolute atomic E-state index is 13.2. The van der Waals surface area contributed by atoms with Gasteiger partial charge in [-0.25, -0.2) is 9.78 Å². The van der Waals surface area contributed by atoms with Gasteiger partial charge in [-0.3, -0.25) is 14.6 Å². The SMILES string of the molecule is CC(C)(C)OC(=O)NCCNC(=O)C1CCCN(C(=O)C2CCCN(c3cnccn3)C2)C1. The highest BCUT2D eigenvalue weighted by molar-refractivity contribution is 5.83. The van der Waals surface area contributed by atoms with E-state index in [1.807, 2.05) is 4.90 Å². The Labute approximate surface area is 195 Å². The van der Waals surface area contributed by atoms with Gasteiger partial charge in [0.15, 0.2) is 0 Å². The smallest absolute Gasteiger partial charge is 0.407 e. The first-order valence-electron chi connectivity index (χ1n) is 11.8. The minimum Gasteiger partial charge on any atom is -0.444 e. The Morgan fingerprint density at radius 3 is 2.48 bits per heavy atom. The van der Waals surface area contributed by atoms with Crippen molar-refractivity contribution in [2.75, 3.05) is 44.2 Å². The number of hydrogen-bond donors (Lipinski definition) is 2. The zero-order chi connectivity index (χ0) is 23.8. The van der Waals surface area contributed by atoms with Crippen LogP contribution >= 0.6 is 0 Å². The second-order valence-corrected chi connectivity index (χ2v) is 9.69. The van der Waals surface area contributed by atoms with Gasteiger partial charge in [-0.15, -0.1) is 0 Å². The Bertz CT molecular complexity index is 813. The molecule has 0 bridgehead atoms. The number of amides is 3. The minimum absolute atomic E-state index is 0.0803. The number of carbonyl (C=O) groups excluding carboxylic acids is 3. The van der Waals surface area contributed by atoms with E-state index < -0.39 is 11.7 Å². The zero-order valence-electron chi connectivity index (χ0n) is 19.9. The molecule has 0 aromatic carbocycles. The standard InChI is InChI=1S/C23H36N6O4/c1-23(2,3)33-22(32)27-11-10-26-20(30)17-6-4-13-29(15-17)21(31)18-7-5-12-28(16-18)19-14-24-8-9-25-19/h8-9,14,17-18H,4-7,10-13,15-16H2,1-3H3,(H,26,30)(H,27,32). The average molecular weight is 461 g/mol.